The molecule has 0 radical (unpaired) electrons. The molecule has 1 aliphatic carbocycles. The van der Waals surface area contributed by atoms with Gasteiger partial charge in [-0.15, -0.1) is 0 Å². The third kappa shape index (κ3) is 2.40. The van der Waals surface area contributed by atoms with Crippen LogP contribution in [0.25, 0.3) is 0 Å². The lowest BCUT2D eigenvalue weighted by Crippen LogP contribution is -2.11. The summed E-state index contributed by atoms with van der Waals surface area (Å²) in [5, 5.41) is 4.14. The van der Waals surface area contributed by atoms with E-state index in [2.05, 4.69) is 12.1 Å². The average Bonchev–Trinajstić information content (AvgIpc) is 2.66. The highest BCUT2D eigenvalue weighted by Crippen LogP contribution is 2.35. The maximum absolute atomic E-state index is 5.75. The van der Waals surface area contributed by atoms with E-state index in [0.717, 1.165) is 17.4 Å². The Labute approximate surface area is 91.0 Å². The minimum absolute atomic E-state index is 0.0488. The standard InChI is InChI=1S/C12H20N2O/c1-8-4-3-5-10(6-8)11-7-12(9(2)13)15-14-11/h7-10H,3-6,13H2,1-2H3. The molecule has 0 aliphatic heterocycles. The quantitative estimate of drug-likeness (QED) is 0.812. The number of hydrogen-bond acceptors (Lipinski definition) is 3. The van der Waals surface area contributed by atoms with Gasteiger partial charge in [0.25, 0.3) is 0 Å². The predicted molar refractivity (Wildman–Crippen MR) is 59.5 cm³/mol. The van der Waals surface area contributed by atoms with Crippen LogP contribution in [0.3, 0.4) is 0 Å². The summed E-state index contributed by atoms with van der Waals surface area (Å²) in [7, 11) is 0. The van der Waals surface area contributed by atoms with Crippen molar-refractivity contribution in [3.63, 3.8) is 0 Å². The Morgan fingerprint density at radius 2 is 2.33 bits per heavy atom. The molecular formula is C12H20N2O. The van der Waals surface area contributed by atoms with Gasteiger partial charge >= 0.3 is 0 Å². The summed E-state index contributed by atoms with van der Waals surface area (Å²) in [6.45, 7) is 4.24. The molecule has 1 saturated carbocycles. The topological polar surface area (TPSA) is 52.0 Å². The van der Waals surface area contributed by atoms with Gasteiger partial charge in [-0.05, 0) is 25.7 Å². The van der Waals surface area contributed by atoms with Gasteiger partial charge in [-0.1, -0.05) is 24.9 Å². The molecule has 3 heteroatoms. The maximum Gasteiger partial charge on any atom is 0.153 e. The SMILES string of the molecule is CC1CCCC(c2cc(C(C)N)on2)C1. The van der Waals surface area contributed by atoms with Gasteiger partial charge in [0.15, 0.2) is 5.76 Å². The summed E-state index contributed by atoms with van der Waals surface area (Å²) in [4.78, 5) is 0. The van der Waals surface area contributed by atoms with E-state index in [0.29, 0.717) is 5.92 Å². The molecule has 0 bridgehead atoms. The largest absolute Gasteiger partial charge is 0.359 e. The van der Waals surface area contributed by atoms with Crippen molar-refractivity contribution in [3.05, 3.63) is 17.5 Å². The highest BCUT2D eigenvalue weighted by Gasteiger charge is 2.23. The summed E-state index contributed by atoms with van der Waals surface area (Å²) in [6, 6.07) is 1.99. The van der Waals surface area contributed by atoms with Gasteiger partial charge in [0.1, 0.15) is 0 Å². The fourth-order valence-corrected chi connectivity index (χ4v) is 2.41. The van der Waals surface area contributed by atoms with Crippen LogP contribution in [0, 0.1) is 5.92 Å². The smallest absolute Gasteiger partial charge is 0.153 e. The second-order valence-corrected chi connectivity index (χ2v) is 4.91. The molecule has 1 heterocycles. The second kappa shape index (κ2) is 4.35. The van der Waals surface area contributed by atoms with Gasteiger partial charge in [0.2, 0.25) is 0 Å². The molecule has 84 valence electrons. The van der Waals surface area contributed by atoms with Crippen molar-refractivity contribution in [1.82, 2.24) is 5.16 Å². The van der Waals surface area contributed by atoms with E-state index in [1.165, 1.54) is 25.7 Å². The van der Waals surface area contributed by atoms with Crippen LogP contribution in [-0.4, -0.2) is 5.16 Å². The van der Waals surface area contributed by atoms with Gasteiger partial charge < -0.3 is 10.3 Å². The molecule has 1 aromatic rings. The molecule has 3 atom stereocenters. The summed E-state index contributed by atoms with van der Waals surface area (Å²) in [5.41, 5.74) is 6.86. The van der Waals surface area contributed by atoms with Crippen LogP contribution in [-0.2, 0) is 0 Å². The summed E-state index contributed by atoms with van der Waals surface area (Å²) >= 11 is 0. The van der Waals surface area contributed by atoms with E-state index < -0.39 is 0 Å². The van der Waals surface area contributed by atoms with Crippen LogP contribution >= 0.6 is 0 Å². The molecule has 0 amide bonds. The van der Waals surface area contributed by atoms with Crippen LogP contribution in [0.15, 0.2) is 10.6 Å². The first-order valence-corrected chi connectivity index (χ1v) is 5.89. The van der Waals surface area contributed by atoms with E-state index in [9.17, 15) is 0 Å². The molecule has 15 heavy (non-hydrogen) atoms. The summed E-state index contributed by atoms with van der Waals surface area (Å²) in [6.07, 6.45) is 5.15. The second-order valence-electron chi connectivity index (χ2n) is 4.91. The van der Waals surface area contributed by atoms with Crippen LogP contribution in [0.2, 0.25) is 0 Å². The average molecular weight is 208 g/mol. The molecule has 0 spiro atoms. The highest BCUT2D eigenvalue weighted by molar-refractivity contribution is 5.13. The number of nitrogens with two attached hydrogens (primary N) is 1. The highest BCUT2D eigenvalue weighted by atomic mass is 16.5. The lowest BCUT2D eigenvalue weighted by atomic mass is 9.81. The fourth-order valence-electron chi connectivity index (χ4n) is 2.41. The molecule has 1 aromatic heterocycles. The van der Waals surface area contributed by atoms with Gasteiger partial charge in [-0.3, -0.25) is 0 Å². The third-order valence-electron chi connectivity index (χ3n) is 3.35. The number of hydrogen-bond donors (Lipinski definition) is 1. The zero-order valence-corrected chi connectivity index (χ0v) is 9.57. The molecular weight excluding hydrogens is 188 g/mol. The number of rotatable bonds is 2. The maximum atomic E-state index is 5.75. The minimum Gasteiger partial charge on any atom is -0.359 e. The third-order valence-corrected chi connectivity index (χ3v) is 3.35. The van der Waals surface area contributed by atoms with Crippen LogP contribution < -0.4 is 5.73 Å². The molecule has 2 N–H and O–H groups in total. The minimum atomic E-state index is -0.0488. The Morgan fingerprint density at radius 3 is 2.93 bits per heavy atom. The number of nitrogens with zero attached hydrogens (tertiary/aromatic N) is 1. The molecule has 1 aliphatic rings. The Bertz CT molecular complexity index is 319. The van der Waals surface area contributed by atoms with Gasteiger partial charge in [0, 0.05) is 12.0 Å². The summed E-state index contributed by atoms with van der Waals surface area (Å²) < 4.78 is 5.24. The van der Waals surface area contributed by atoms with Crippen LogP contribution in [0.5, 0.6) is 0 Å². The Kier molecular flexibility index (Phi) is 3.10. The monoisotopic (exact) mass is 208 g/mol. The van der Waals surface area contributed by atoms with Crippen molar-refractivity contribution in [2.24, 2.45) is 11.7 Å². The van der Waals surface area contributed by atoms with Crippen molar-refractivity contribution in [2.45, 2.75) is 51.5 Å². The van der Waals surface area contributed by atoms with E-state index in [1.54, 1.807) is 0 Å². The van der Waals surface area contributed by atoms with Crippen LogP contribution in [0.1, 0.15) is 62.9 Å². The Morgan fingerprint density at radius 1 is 1.53 bits per heavy atom. The fraction of sp³-hybridized carbons (Fsp3) is 0.750. The van der Waals surface area contributed by atoms with Gasteiger partial charge in [-0.2, -0.15) is 0 Å². The Hall–Kier alpha value is -0.830. The first-order chi connectivity index (χ1) is 7.16. The normalized spacial score (nSPS) is 29.0. The lowest BCUT2D eigenvalue weighted by molar-refractivity contribution is 0.317. The molecule has 1 fully saturated rings. The zero-order valence-electron chi connectivity index (χ0n) is 9.57. The molecule has 3 nitrogen and oxygen atoms in total. The van der Waals surface area contributed by atoms with Crippen molar-refractivity contribution in [1.29, 1.82) is 0 Å². The zero-order chi connectivity index (χ0) is 10.8. The first-order valence-electron chi connectivity index (χ1n) is 5.89. The first kappa shape index (κ1) is 10.7. The van der Waals surface area contributed by atoms with Gasteiger partial charge in [0.05, 0.1) is 11.7 Å². The van der Waals surface area contributed by atoms with Crippen molar-refractivity contribution >= 4 is 0 Å². The van der Waals surface area contributed by atoms with Gasteiger partial charge in [-0.25, -0.2) is 0 Å². The molecule has 3 unspecified atom stereocenters. The van der Waals surface area contributed by atoms with Crippen LogP contribution in [0.4, 0.5) is 0 Å². The van der Waals surface area contributed by atoms with E-state index >= 15 is 0 Å². The van der Waals surface area contributed by atoms with Crippen molar-refractivity contribution in [3.8, 4) is 0 Å². The lowest BCUT2D eigenvalue weighted by Gasteiger charge is -2.24. The molecule has 0 saturated heterocycles. The number of aromatic nitrogens is 1. The van der Waals surface area contributed by atoms with E-state index in [1.807, 2.05) is 13.0 Å². The molecule has 0 aromatic carbocycles. The Balaban J connectivity index is 2.08. The predicted octanol–water partition coefficient (Wildman–Crippen LogP) is 2.99. The van der Waals surface area contributed by atoms with Crippen molar-refractivity contribution in [2.75, 3.05) is 0 Å². The summed E-state index contributed by atoms with van der Waals surface area (Å²) in [5.74, 6) is 2.22. The van der Waals surface area contributed by atoms with E-state index in [-0.39, 0.29) is 6.04 Å². The molecule has 2 rings (SSSR count). The van der Waals surface area contributed by atoms with Crippen molar-refractivity contribution < 1.29 is 4.52 Å². The van der Waals surface area contributed by atoms with E-state index in [4.69, 9.17) is 10.3 Å².